The lowest BCUT2D eigenvalue weighted by Crippen LogP contribution is -1.88. The number of aromatic nitrogens is 1. The van der Waals surface area contributed by atoms with Crippen molar-refractivity contribution < 1.29 is 4.74 Å². The Hall–Kier alpha value is -2.09. The Kier molecular flexibility index (Phi) is 2.44. The SMILES string of the molecule is COc1ccc2c(cnc3c(C)cc(C)cc32)c1. The average Bonchev–Trinajstić information content (AvgIpc) is 2.37. The summed E-state index contributed by atoms with van der Waals surface area (Å²) in [5, 5.41) is 3.56. The molecule has 0 spiro atoms. The summed E-state index contributed by atoms with van der Waals surface area (Å²) >= 11 is 0. The van der Waals surface area contributed by atoms with E-state index in [2.05, 4.69) is 37.0 Å². The Morgan fingerprint density at radius 3 is 2.61 bits per heavy atom. The Morgan fingerprint density at radius 1 is 1.00 bits per heavy atom. The topological polar surface area (TPSA) is 22.1 Å². The molecule has 3 rings (SSSR count). The highest BCUT2D eigenvalue weighted by atomic mass is 16.5. The molecule has 2 nitrogen and oxygen atoms in total. The molecule has 0 fully saturated rings. The standard InChI is InChI=1S/C16H15NO/c1-10-6-11(2)16-15(7-10)14-5-4-13(18-3)8-12(14)9-17-16/h4-9H,1-3H3. The minimum atomic E-state index is 0.869. The predicted molar refractivity (Wildman–Crippen MR) is 75.3 cm³/mol. The van der Waals surface area contributed by atoms with Crippen LogP contribution in [0, 0.1) is 13.8 Å². The second kappa shape index (κ2) is 3.98. The van der Waals surface area contributed by atoms with Gasteiger partial charge in [-0.3, -0.25) is 4.98 Å². The van der Waals surface area contributed by atoms with Gasteiger partial charge in [-0.1, -0.05) is 11.6 Å². The van der Waals surface area contributed by atoms with E-state index >= 15 is 0 Å². The summed E-state index contributed by atoms with van der Waals surface area (Å²) in [6, 6.07) is 10.5. The number of hydrogen-bond donors (Lipinski definition) is 0. The second-order valence-corrected chi connectivity index (χ2v) is 4.69. The lowest BCUT2D eigenvalue weighted by Gasteiger charge is -2.08. The molecule has 3 aromatic rings. The van der Waals surface area contributed by atoms with E-state index in [-0.39, 0.29) is 0 Å². The molecule has 0 bridgehead atoms. The van der Waals surface area contributed by atoms with E-state index in [1.165, 1.54) is 21.9 Å². The molecule has 0 saturated carbocycles. The number of methoxy groups -OCH3 is 1. The van der Waals surface area contributed by atoms with Crippen molar-refractivity contribution >= 4 is 21.7 Å². The lowest BCUT2D eigenvalue weighted by molar-refractivity contribution is 0.415. The molecular weight excluding hydrogens is 222 g/mol. The van der Waals surface area contributed by atoms with Crippen LogP contribution in [-0.2, 0) is 0 Å². The third kappa shape index (κ3) is 1.61. The molecule has 2 aromatic carbocycles. The maximum atomic E-state index is 5.25. The van der Waals surface area contributed by atoms with Crippen molar-refractivity contribution in [3.8, 4) is 5.75 Å². The van der Waals surface area contributed by atoms with E-state index in [1.807, 2.05) is 18.3 Å². The van der Waals surface area contributed by atoms with Gasteiger partial charge in [0.05, 0.1) is 12.6 Å². The van der Waals surface area contributed by atoms with Crippen molar-refractivity contribution in [1.29, 1.82) is 0 Å². The van der Waals surface area contributed by atoms with E-state index in [1.54, 1.807) is 7.11 Å². The molecule has 1 heterocycles. The summed E-state index contributed by atoms with van der Waals surface area (Å²) in [4.78, 5) is 4.57. The van der Waals surface area contributed by atoms with Crippen molar-refractivity contribution in [2.75, 3.05) is 7.11 Å². The summed E-state index contributed by atoms with van der Waals surface area (Å²) in [7, 11) is 1.68. The molecule has 0 atom stereocenters. The molecule has 0 amide bonds. The zero-order valence-electron chi connectivity index (χ0n) is 10.8. The number of fused-ring (bicyclic) bond motifs is 3. The molecular formula is C16H15NO. The van der Waals surface area contributed by atoms with Gasteiger partial charge in [0.25, 0.3) is 0 Å². The summed E-state index contributed by atoms with van der Waals surface area (Å²) in [6.07, 6.45) is 1.92. The first-order valence-electron chi connectivity index (χ1n) is 6.03. The Balaban J connectivity index is 2.45. The zero-order valence-corrected chi connectivity index (χ0v) is 10.8. The van der Waals surface area contributed by atoms with Crippen LogP contribution in [0.4, 0.5) is 0 Å². The summed E-state index contributed by atoms with van der Waals surface area (Å²) in [6.45, 7) is 4.23. The number of rotatable bonds is 1. The fraction of sp³-hybridized carbons (Fsp3) is 0.188. The van der Waals surface area contributed by atoms with E-state index in [0.717, 1.165) is 16.7 Å². The van der Waals surface area contributed by atoms with Gasteiger partial charge >= 0.3 is 0 Å². The van der Waals surface area contributed by atoms with Crippen LogP contribution in [0.15, 0.2) is 36.5 Å². The van der Waals surface area contributed by atoms with Crippen LogP contribution in [0.2, 0.25) is 0 Å². The first kappa shape index (κ1) is 11.0. The number of ether oxygens (including phenoxy) is 1. The van der Waals surface area contributed by atoms with Crippen molar-refractivity contribution in [3.63, 3.8) is 0 Å². The fourth-order valence-electron chi connectivity index (χ4n) is 2.49. The van der Waals surface area contributed by atoms with Gasteiger partial charge in [-0.25, -0.2) is 0 Å². The van der Waals surface area contributed by atoms with Crippen LogP contribution in [0.25, 0.3) is 21.7 Å². The average molecular weight is 237 g/mol. The van der Waals surface area contributed by atoms with Crippen LogP contribution in [0.3, 0.4) is 0 Å². The van der Waals surface area contributed by atoms with Gasteiger partial charge in [0.2, 0.25) is 0 Å². The van der Waals surface area contributed by atoms with Crippen molar-refractivity contribution in [2.45, 2.75) is 13.8 Å². The maximum absolute atomic E-state index is 5.25. The molecule has 0 radical (unpaired) electrons. The summed E-state index contributed by atoms with van der Waals surface area (Å²) < 4.78 is 5.25. The largest absolute Gasteiger partial charge is 0.497 e. The van der Waals surface area contributed by atoms with Gasteiger partial charge in [0, 0.05) is 17.0 Å². The van der Waals surface area contributed by atoms with Crippen LogP contribution in [0.1, 0.15) is 11.1 Å². The Bertz CT molecular complexity index is 747. The molecule has 0 aliphatic rings. The number of aryl methyl sites for hydroxylation is 2. The van der Waals surface area contributed by atoms with Gasteiger partial charge in [-0.05, 0) is 49.1 Å². The van der Waals surface area contributed by atoms with Crippen LogP contribution < -0.4 is 4.74 Å². The van der Waals surface area contributed by atoms with E-state index in [9.17, 15) is 0 Å². The van der Waals surface area contributed by atoms with Gasteiger partial charge in [0.15, 0.2) is 0 Å². The van der Waals surface area contributed by atoms with Crippen molar-refractivity contribution in [2.24, 2.45) is 0 Å². The molecule has 0 unspecified atom stereocenters. The van der Waals surface area contributed by atoms with Gasteiger partial charge in [-0.2, -0.15) is 0 Å². The number of benzene rings is 2. The minimum absolute atomic E-state index is 0.869. The summed E-state index contributed by atoms with van der Waals surface area (Å²) in [5.41, 5.74) is 3.58. The van der Waals surface area contributed by atoms with Crippen LogP contribution in [0.5, 0.6) is 5.75 Å². The third-order valence-electron chi connectivity index (χ3n) is 3.33. The first-order valence-corrected chi connectivity index (χ1v) is 6.03. The minimum Gasteiger partial charge on any atom is -0.497 e. The number of hydrogen-bond acceptors (Lipinski definition) is 2. The highest BCUT2D eigenvalue weighted by molar-refractivity contribution is 6.06. The molecule has 0 N–H and O–H groups in total. The zero-order chi connectivity index (χ0) is 12.7. The molecule has 2 heteroatoms. The predicted octanol–water partition coefficient (Wildman–Crippen LogP) is 4.01. The van der Waals surface area contributed by atoms with Gasteiger partial charge < -0.3 is 4.74 Å². The second-order valence-electron chi connectivity index (χ2n) is 4.69. The normalized spacial score (nSPS) is 11.1. The smallest absolute Gasteiger partial charge is 0.119 e. The Morgan fingerprint density at radius 2 is 1.83 bits per heavy atom. The van der Waals surface area contributed by atoms with Crippen molar-refractivity contribution in [3.05, 3.63) is 47.7 Å². The monoisotopic (exact) mass is 237 g/mol. The van der Waals surface area contributed by atoms with E-state index in [0.29, 0.717) is 0 Å². The van der Waals surface area contributed by atoms with E-state index < -0.39 is 0 Å². The number of nitrogens with zero attached hydrogens (tertiary/aromatic N) is 1. The first-order chi connectivity index (χ1) is 8.69. The quantitative estimate of drug-likeness (QED) is 0.596. The van der Waals surface area contributed by atoms with Gasteiger partial charge in [-0.15, -0.1) is 0 Å². The number of pyridine rings is 1. The van der Waals surface area contributed by atoms with Gasteiger partial charge in [0.1, 0.15) is 5.75 Å². The third-order valence-corrected chi connectivity index (χ3v) is 3.33. The maximum Gasteiger partial charge on any atom is 0.119 e. The highest BCUT2D eigenvalue weighted by Crippen LogP contribution is 2.29. The molecule has 0 aliphatic heterocycles. The highest BCUT2D eigenvalue weighted by Gasteiger charge is 2.05. The molecule has 0 saturated heterocycles. The molecule has 0 aliphatic carbocycles. The van der Waals surface area contributed by atoms with Crippen LogP contribution >= 0.6 is 0 Å². The van der Waals surface area contributed by atoms with E-state index in [4.69, 9.17) is 4.74 Å². The lowest BCUT2D eigenvalue weighted by atomic mass is 10.0. The fourth-order valence-corrected chi connectivity index (χ4v) is 2.49. The molecule has 1 aromatic heterocycles. The molecule has 18 heavy (non-hydrogen) atoms. The van der Waals surface area contributed by atoms with Crippen molar-refractivity contribution in [1.82, 2.24) is 4.98 Å². The molecule has 90 valence electrons. The Labute approximate surface area is 106 Å². The van der Waals surface area contributed by atoms with Crippen LogP contribution in [-0.4, -0.2) is 12.1 Å². The summed E-state index contributed by atoms with van der Waals surface area (Å²) in [5.74, 6) is 0.869.